The van der Waals surface area contributed by atoms with Gasteiger partial charge in [-0.15, -0.1) is 5.10 Å². The number of carbonyl (C=O) groups excluding carboxylic acids is 1. The molecule has 0 fully saturated rings. The third kappa shape index (κ3) is 4.16. The molecule has 0 unspecified atom stereocenters. The van der Waals surface area contributed by atoms with Gasteiger partial charge in [-0.2, -0.15) is 0 Å². The van der Waals surface area contributed by atoms with E-state index in [1.807, 2.05) is 19.9 Å². The number of hydrogen-bond donors (Lipinski definition) is 0. The smallest absolute Gasteiger partial charge is 0.410 e. The highest BCUT2D eigenvalue weighted by Gasteiger charge is 2.24. The normalized spacial score (nSPS) is 14.4. The van der Waals surface area contributed by atoms with Crippen LogP contribution in [0.4, 0.5) is 9.18 Å². The molecule has 0 bridgehead atoms. The summed E-state index contributed by atoms with van der Waals surface area (Å²) in [5.74, 6) is -0.383. The van der Waals surface area contributed by atoms with Crippen molar-refractivity contribution in [3.63, 3.8) is 0 Å². The Labute approximate surface area is 157 Å². The van der Waals surface area contributed by atoms with Crippen LogP contribution in [0.2, 0.25) is 0 Å². The summed E-state index contributed by atoms with van der Waals surface area (Å²) in [4.78, 5) is 13.7. The van der Waals surface area contributed by atoms with E-state index in [1.165, 1.54) is 10.7 Å². The van der Waals surface area contributed by atoms with E-state index in [0.717, 1.165) is 5.57 Å². The Morgan fingerprint density at radius 3 is 2.74 bits per heavy atom. The maximum atomic E-state index is 14.2. The predicted molar refractivity (Wildman–Crippen MR) is 97.8 cm³/mol. The van der Waals surface area contributed by atoms with E-state index in [4.69, 9.17) is 9.47 Å². The number of halogens is 1. The van der Waals surface area contributed by atoms with Crippen LogP contribution in [0, 0.1) is 5.82 Å². The summed E-state index contributed by atoms with van der Waals surface area (Å²) < 4.78 is 26.2. The molecule has 1 aliphatic rings. The summed E-state index contributed by atoms with van der Waals surface area (Å²) in [5.41, 5.74) is 2.61. The highest BCUT2D eigenvalue weighted by molar-refractivity contribution is 5.72. The Kier molecular flexibility index (Phi) is 5.85. The number of rotatable bonds is 5. The van der Waals surface area contributed by atoms with Crippen LogP contribution >= 0.6 is 0 Å². The molecule has 1 aliphatic heterocycles. The summed E-state index contributed by atoms with van der Waals surface area (Å²) in [5, 5.41) is 8.39. The molecule has 0 saturated carbocycles. The molecule has 3 rings (SSSR count). The van der Waals surface area contributed by atoms with Crippen molar-refractivity contribution in [1.29, 1.82) is 0 Å². The number of nitrogens with zero attached hydrogens (tertiary/aromatic N) is 4. The van der Waals surface area contributed by atoms with Gasteiger partial charge in [0.05, 0.1) is 18.4 Å². The molecule has 8 heteroatoms. The van der Waals surface area contributed by atoms with Crippen molar-refractivity contribution in [1.82, 2.24) is 19.9 Å². The van der Waals surface area contributed by atoms with Gasteiger partial charge in [-0.1, -0.05) is 23.4 Å². The first-order valence-electron chi connectivity index (χ1n) is 8.84. The second-order valence-electron chi connectivity index (χ2n) is 6.54. The molecular formula is C19H23FN4O3. The predicted octanol–water partition coefficient (Wildman–Crippen LogP) is 3.19. The number of amides is 1. The van der Waals surface area contributed by atoms with E-state index in [9.17, 15) is 9.18 Å². The van der Waals surface area contributed by atoms with E-state index in [2.05, 4.69) is 10.3 Å². The third-order valence-electron chi connectivity index (χ3n) is 4.23. The maximum absolute atomic E-state index is 14.2. The average molecular weight is 374 g/mol. The zero-order valence-corrected chi connectivity index (χ0v) is 15.7. The van der Waals surface area contributed by atoms with Crippen LogP contribution < -0.4 is 0 Å². The standard InChI is InChI=1S/C19H23FN4O3/c1-13(2)27-19(25)23-10-8-14(9-11-23)18-17(12-26-3)24(22-21-18)16-7-5-4-6-15(16)20/h4-8,13H,9-12H2,1-3H3. The van der Waals surface area contributed by atoms with Crippen molar-refractivity contribution in [3.8, 4) is 5.69 Å². The molecule has 0 saturated heterocycles. The molecule has 2 aromatic rings. The van der Waals surface area contributed by atoms with Crippen molar-refractivity contribution in [2.45, 2.75) is 33.0 Å². The molecule has 0 spiro atoms. The summed E-state index contributed by atoms with van der Waals surface area (Å²) in [6, 6.07) is 6.40. The van der Waals surface area contributed by atoms with Crippen molar-refractivity contribution in [3.05, 3.63) is 47.5 Å². The van der Waals surface area contributed by atoms with E-state index in [1.54, 1.807) is 30.2 Å². The second kappa shape index (κ2) is 8.30. The highest BCUT2D eigenvalue weighted by atomic mass is 19.1. The lowest BCUT2D eigenvalue weighted by Crippen LogP contribution is -2.36. The molecule has 1 aromatic heterocycles. The lowest BCUT2D eigenvalue weighted by atomic mass is 10.0. The second-order valence-corrected chi connectivity index (χ2v) is 6.54. The molecule has 0 atom stereocenters. The first-order chi connectivity index (χ1) is 13.0. The van der Waals surface area contributed by atoms with Crippen molar-refractivity contribution >= 4 is 11.7 Å². The van der Waals surface area contributed by atoms with Gasteiger partial charge >= 0.3 is 6.09 Å². The quantitative estimate of drug-likeness (QED) is 0.804. The minimum atomic E-state index is -0.383. The van der Waals surface area contributed by atoms with Gasteiger partial charge in [-0.25, -0.2) is 13.9 Å². The zero-order valence-electron chi connectivity index (χ0n) is 15.7. The number of hydrogen-bond acceptors (Lipinski definition) is 5. The molecule has 1 aromatic carbocycles. The largest absolute Gasteiger partial charge is 0.447 e. The summed E-state index contributed by atoms with van der Waals surface area (Å²) in [6.45, 7) is 4.84. The lowest BCUT2D eigenvalue weighted by Gasteiger charge is -2.26. The van der Waals surface area contributed by atoms with Crippen LogP contribution in [-0.2, 0) is 16.1 Å². The Bertz CT molecular complexity index is 847. The number of carbonyl (C=O) groups is 1. The van der Waals surface area contributed by atoms with Crippen LogP contribution in [0.15, 0.2) is 30.3 Å². The number of methoxy groups -OCH3 is 1. The van der Waals surface area contributed by atoms with Crippen LogP contribution in [-0.4, -0.2) is 52.3 Å². The summed E-state index contributed by atoms with van der Waals surface area (Å²) >= 11 is 0. The Morgan fingerprint density at radius 2 is 2.11 bits per heavy atom. The molecular weight excluding hydrogens is 351 g/mol. The van der Waals surface area contributed by atoms with Gasteiger partial charge in [0.15, 0.2) is 0 Å². The number of benzene rings is 1. The first kappa shape index (κ1) is 19.0. The highest BCUT2D eigenvalue weighted by Crippen LogP contribution is 2.26. The minimum absolute atomic E-state index is 0.156. The van der Waals surface area contributed by atoms with Gasteiger partial charge in [0.25, 0.3) is 0 Å². The fraction of sp³-hybridized carbons (Fsp3) is 0.421. The molecule has 0 radical (unpaired) electrons. The van der Waals surface area contributed by atoms with Crippen LogP contribution in [0.5, 0.6) is 0 Å². The Balaban J connectivity index is 1.87. The molecule has 27 heavy (non-hydrogen) atoms. The molecule has 7 nitrogen and oxygen atoms in total. The van der Waals surface area contributed by atoms with Gasteiger partial charge < -0.3 is 14.4 Å². The SMILES string of the molecule is COCc1c(C2=CCN(C(=O)OC(C)C)CC2)nnn1-c1ccccc1F. The maximum Gasteiger partial charge on any atom is 0.410 e. The molecule has 144 valence electrons. The number of aromatic nitrogens is 3. The van der Waals surface area contributed by atoms with Crippen LogP contribution in [0.3, 0.4) is 0 Å². The van der Waals surface area contributed by atoms with Crippen molar-refractivity contribution < 1.29 is 18.7 Å². The minimum Gasteiger partial charge on any atom is -0.447 e. The number of ether oxygens (including phenoxy) is 2. The van der Waals surface area contributed by atoms with Gasteiger partial charge in [0, 0.05) is 20.2 Å². The fourth-order valence-electron chi connectivity index (χ4n) is 2.96. The van der Waals surface area contributed by atoms with E-state index < -0.39 is 0 Å². The van der Waals surface area contributed by atoms with Gasteiger partial charge in [0.1, 0.15) is 17.2 Å². The molecule has 2 heterocycles. The van der Waals surface area contributed by atoms with E-state index >= 15 is 0 Å². The average Bonchev–Trinajstić information content (AvgIpc) is 3.05. The monoisotopic (exact) mass is 374 g/mol. The first-order valence-corrected chi connectivity index (χ1v) is 8.84. The van der Waals surface area contributed by atoms with Crippen molar-refractivity contribution in [2.24, 2.45) is 0 Å². The lowest BCUT2D eigenvalue weighted by molar-refractivity contribution is 0.0799. The zero-order chi connectivity index (χ0) is 19.4. The van der Waals surface area contributed by atoms with E-state index in [-0.39, 0.29) is 24.6 Å². The van der Waals surface area contributed by atoms with Gasteiger partial charge in [-0.3, -0.25) is 0 Å². The third-order valence-corrected chi connectivity index (χ3v) is 4.23. The molecule has 1 amide bonds. The van der Waals surface area contributed by atoms with Crippen LogP contribution in [0.1, 0.15) is 31.7 Å². The van der Waals surface area contributed by atoms with E-state index in [0.29, 0.717) is 36.6 Å². The molecule has 0 aliphatic carbocycles. The van der Waals surface area contributed by atoms with Gasteiger partial charge in [0.2, 0.25) is 0 Å². The molecule has 0 N–H and O–H groups in total. The summed E-state index contributed by atoms with van der Waals surface area (Å²) in [6.07, 6.45) is 2.06. The Hall–Kier alpha value is -2.74. The Morgan fingerprint density at radius 1 is 1.33 bits per heavy atom. The van der Waals surface area contributed by atoms with Crippen molar-refractivity contribution in [2.75, 3.05) is 20.2 Å². The van der Waals surface area contributed by atoms with Crippen LogP contribution in [0.25, 0.3) is 11.3 Å². The topological polar surface area (TPSA) is 69.5 Å². The fourth-order valence-corrected chi connectivity index (χ4v) is 2.96. The summed E-state index contributed by atoms with van der Waals surface area (Å²) in [7, 11) is 1.57. The van der Waals surface area contributed by atoms with Gasteiger partial charge in [-0.05, 0) is 38.0 Å². The number of para-hydroxylation sites is 1.